The lowest BCUT2D eigenvalue weighted by Crippen LogP contribution is -2.30. The van der Waals surface area contributed by atoms with Crippen LogP contribution in [0.3, 0.4) is 0 Å². The van der Waals surface area contributed by atoms with E-state index in [-0.39, 0.29) is 17.1 Å². The first-order valence-electron chi connectivity index (χ1n) is 6.70. The van der Waals surface area contributed by atoms with Crippen molar-refractivity contribution in [2.75, 3.05) is 10.8 Å². The fraction of sp³-hybridized carbons (Fsp3) is 0.200. The first-order chi connectivity index (χ1) is 10.4. The molecule has 6 nitrogen and oxygen atoms in total. The van der Waals surface area contributed by atoms with Crippen LogP contribution in [-0.2, 0) is 10.0 Å². The van der Waals surface area contributed by atoms with Crippen LogP contribution in [-0.4, -0.2) is 19.9 Å². The normalized spacial score (nSPS) is 11.2. The van der Waals surface area contributed by atoms with Gasteiger partial charge < -0.3 is 0 Å². The van der Waals surface area contributed by atoms with Gasteiger partial charge in [0.1, 0.15) is 0 Å². The van der Waals surface area contributed by atoms with Crippen molar-refractivity contribution in [1.29, 1.82) is 0 Å². The average Bonchev–Trinajstić information content (AvgIpc) is 2.48. The van der Waals surface area contributed by atoms with Crippen LogP contribution in [0, 0.1) is 17.0 Å². The number of hydrogen-bond donors (Lipinski definition) is 0. The summed E-state index contributed by atoms with van der Waals surface area (Å²) in [6.07, 6.45) is 0. The van der Waals surface area contributed by atoms with Gasteiger partial charge in [0, 0.05) is 18.7 Å². The number of rotatable bonds is 5. The number of non-ortho nitro benzene ring substituents is 1. The third kappa shape index (κ3) is 3.09. The van der Waals surface area contributed by atoms with Gasteiger partial charge in [-0.2, -0.15) is 0 Å². The van der Waals surface area contributed by atoms with Gasteiger partial charge in [-0.25, -0.2) is 8.42 Å². The smallest absolute Gasteiger partial charge is 0.267 e. The molecule has 0 aliphatic carbocycles. The molecule has 2 aromatic rings. The largest absolute Gasteiger partial charge is 0.269 e. The number of sulfonamides is 1. The summed E-state index contributed by atoms with van der Waals surface area (Å²) in [6.45, 7) is 3.89. The van der Waals surface area contributed by atoms with Crippen molar-refractivity contribution < 1.29 is 13.3 Å². The van der Waals surface area contributed by atoms with E-state index in [4.69, 9.17) is 0 Å². The Bertz CT molecular complexity index is 785. The molecule has 2 aromatic carbocycles. The zero-order valence-corrected chi connectivity index (χ0v) is 13.1. The molecule has 0 spiro atoms. The lowest BCUT2D eigenvalue weighted by atomic mass is 10.2. The van der Waals surface area contributed by atoms with E-state index in [1.807, 2.05) is 13.0 Å². The second-order valence-electron chi connectivity index (χ2n) is 4.76. The van der Waals surface area contributed by atoms with Crippen LogP contribution < -0.4 is 4.31 Å². The number of nitro benzene ring substituents is 1. The Kier molecular flexibility index (Phi) is 4.46. The van der Waals surface area contributed by atoms with Gasteiger partial charge in [-0.05, 0) is 43.7 Å². The fourth-order valence-corrected chi connectivity index (χ4v) is 3.61. The maximum absolute atomic E-state index is 12.7. The molecule has 0 aliphatic heterocycles. The minimum absolute atomic E-state index is 0.0291. The predicted octanol–water partition coefficient (Wildman–Crippen LogP) is 3.12. The molecule has 22 heavy (non-hydrogen) atoms. The molecule has 0 fully saturated rings. The summed E-state index contributed by atoms with van der Waals surface area (Å²) >= 11 is 0. The fourth-order valence-electron chi connectivity index (χ4n) is 2.14. The Morgan fingerprint density at radius 3 is 2.27 bits per heavy atom. The second kappa shape index (κ2) is 6.15. The van der Waals surface area contributed by atoms with Gasteiger partial charge in [0.25, 0.3) is 15.7 Å². The molecular weight excluding hydrogens is 304 g/mol. The van der Waals surface area contributed by atoms with Gasteiger partial charge in [-0.1, -0.05) is 12.1 Å². The molecule has 0 saturated heterocycles. The highest BCUT2D eigenvalue weighted by Crippen LogP contribution is 2.25. The third-order valence-corrected chi connectivity index (χ3v) is 5.13. The Balaban J connectivity index is 2.44. The molecule has 0 bridgehead atoms. The topological polar surface area (TPSA) is 80.5 Å². The van der Waals surface area contributed by atoms with Crippen molar-refractivity contribution in [3.8, 4) is 0 Å². The first kappa shape index (κ1) is 16.0. The Hall–Kier alpha value is -2.41. The Morgan fingerprint density at radius 1 is 1.14 bits per heavy atom. The number of benzene rings is 2. The summed E-state index contributed by atoms with van der Waals surface area (Å²) in [5, 5.41) is 10.7. The summed E-state index contributed by atoms with van der Waals surface area (Å²) < 4.78 is 26.7. The van der Waals surface area contributed by atoms with Crippen LogP contribution >= 0.6 is 0 Å². The van der Waals surface area contributed by atoms with Crippen molar-refractivity contribution in [2.45, 2.75) is 18.7 Å². The monoisotopic (exact) mass is 320 g/mol. The van der Waals surface area contributed by atoms with Crippen LogP contribution in [0.2, 0.25) is 0 Å². The highest BCUT2D eigenvalue weighted by Gasteiger charge is 2.24. The minimum Gasteiger partial charge on any atom is -0.267 e. The van der Waals surface area contributed by atoms with Crippen molar-refractivity contribution >= 4 is 21.4 Å². The van der Waals surface area contributed by atoms with Gasteiger partial charge in [-0.15, -0.1) is 0 Å². The molecule has 0 unspecified atom stereocenters. The average molecular weight is 320 g/mol. The van der Waals surface area contributed by atoms with Crippen LogP contribution in [0.25, 0.3) is 0 Å². The molecule has 0 radical (unpaired) electrons. The van der Waals surface area contributed by atoms with Crippen LogP contribution in [0.1, 0.15) is 12.5 Å². The van der Waals surface area contributed by atoms with Crippen molar-refractivity contribution in [3.05, 3.63) is 64.2 Å². The van der Waals surface area contributed by atoms with Gasteiger partial charge in [0.2, 0.25) is 0 Å². The van der Waals surface area contributed by atoms with E-state index in [0.717, 1.165) is 5.56 Å². The van der Waals surface area contributed by atoms with E-state index in [1.165, 1.54) is 28.6 Å². The molecule has 7 heteroatoms. The lowest BCUT2D eigenvalue weighted by Gasteiger charge is -2.23. The highest BCUT2D eigenvalue weighted by atomic mass is 32.2. The highest BCUT2D eigenvalue weighted by molar-refractivity contribution is 7.92. The number of nitro groups is 1. The lowest BCUT2D eigenvalue weighted by molar-refractivity contribution is -0.384. The Morgan fingerprint density at radius 2 is 1.77 bits per heavy atom. The van der Waals surface area contributed by atoms with E-state index in [0.29, 0.717) is 5.69 Å². The zero-order valence-electron chi connectivity index (χ0n) is 12.3. The van der Waals surface area contributed by atoms with Gasteiger partial charge in [0.05, 0.1) is 15.5 Å². The quantitative estimate of drug-likeness (QED) is 0.626. The van der Waals surface area contributed by atoms with Crippen molar-refractivity contribution in [2.24, 2.45) is 0 Å². The molecule has 0 N–H and O–H groups in total. The number of nitrogens with zero attached hydrogens (tertiary/aromatic N) is 2. The number of hydrogen-bond acceptors (Lipinski definition) is 4. The maximum atomic E-state index is 12.7. The van der Waals surface area contributed by atoms with E-state index < -0.39 is 14.9 Å². The summed E-state index contributed by atoms with van der Waals surface area (Å²) in [6, 6.07) is 12.1. The Labute approximate surface area is 129 Å². The zero-order chi connectivity index (χ0) is 16.3. The number of aryl methyl sites for hydroxylation is 1. The van der Waals surface area contributed by atoms with Gasteiger partial charge >= 0.3 is 0 Å². The molecule has 116 valence electrons. The van der Waals surface area contributed by atoms with Crippen LogP contribution in [0.5, 0.6) is 0 Å². The summed E-state index contributed by atoms with van der Waals surface area (Å²) in [7, 11) is -3.75. The summed E-state index contributed by atoms with van der Waals surface area (Å²) in [5.74, 6) is 0. The molecule has 0 saturated carbocycles. The second-order valence-corrected chi connectivity index (χ2v) is 6.62. The molecular formula is C15H16N2O4S. The van der Waals surface area contributed by atoms with Crippen molar-refractivity contribution in [1.82, 2.24) is 0 Å². The third-order valence-electron chi connectivity index (χ3n) is 3.21. The first-order valence-corrected chi connectivity index (χ1v) is 8.14. The van der Waals surface area contributed by atoms with E-state index in [9.17, 15) is 18.5 Å². The molecule has 0 amide bonds. The molecule has 0 atom stereocenters. The molecule has 2 rings (SSSR count). The van der Waals surface area contributed by atoms with E-state index in [2.05, 4.69) is 0 Å². The summed E-state index contributed by atoms with van der Waals surface area (Å²) in [4.78, 5) is 10.1. The van der Waals surface area contributed by atoms with E-state index >= 15 is 0 Å². The number of anilines is 1. The predicted molar refractivity (Wildman–Crippen MR) is 84.5 cm³/mol. The standard InChI is InChI=1S/C15H16N2O4S/c1-3-16(14-6-4-5-12(2)11-14)22(20,21)15-9-7-13(8-10-15)17(18)19/h4-11H,3H2,1-2H3. The maximum Gasteiger partial charge on any atom is 0.269 e. The molecule has 0 aliphatic rings. The molecule has 0 heterocycles. The van der Waals surface area contributed by atoms with Crippen LogP contribution in [0.4, 0.5) is 11.4 Å². The molecule has 0 aromatic heterocycles. The van der Waals surface area contributed by atoms with Crippen LogP contribution in [0.15, 0.2) is 53.4 Å². The van der Waals surface area contributed by atoms with Gasteiger partial charge in [-0.3, -0.25) is 14.4 Å². The minimum atomic E-state index is -3.75. The van der Waals surface area contributed by atoms with E-state index in [1.54, 1.807) is 25.1 Å². The summed E-state index contributed by atoms with van der Waals surface area (Å²) in [5.41, 5.74) is 1.38. The van der Waals surface area contributed by atoms with Crippen molar-refractivity contribution in [3.63, 3.8) is 0 Å². The van der Waals surface area contributed by atoms with Gasteiger partial charge in [0.15, 0.2) is 0 Å². The SMILES string of the molecule is CCN(c1cccc(C)c1)S(=O)(=O)c1ccc([N+](=O)[O-])cc1.